The van der Waals surface area contributed by atoms with E-state index in [9.17, 15) is 23.5 Å². The Labute approximate surface area is 173 Å². The second-order valence-electron chi connectivity index (χ2n) is 9.07. The summed E-state index contributed by atoms with van der Waals surface area (Å²) in [5.74, 6) is -4.71. The number of ether oxygens (including phenoxy) is 1. The van der Waals surface area contributed by atoms with Gasteiger partial charge in [-0.2, -0.15) is 0 Å². The van der Waals surface area contributed by atoms with Crippen molar-refractivity contribution in [3.05, 3.63) is 12.2 Å². The summed E-state index contributed by atoms with van der Waals surface area (Å²) in [7, 11) is 1.34. The molecule has 2 rings (SSSR count). The molecule has 2 fully saturated rings. The predicted molar refractivity (Wildman–Crippen MR) is 108 cm³/mol. The molecule has 4 nitrogen and oxygen atoms in total. The zero-order chi connectivity index (χ0) is 21.7. The smallest absolute Gasteiger partial charge is 0.305 e. The number of carbonyl (C=O) groups is 2. The molecule has 2 aliphatic carbocycles. The number of esters is 1. The Hall–Kier alpha value is -1.30. The van der Waals surface area contributed by atoms with E-state index in [0.29, 0.717) is 38.5 Å². The van der Waals surface area contributed by atoms with Crippen LogP contribution in [0.25, 0.3) is 0 Å². The maximum Gasteiger partial charge on any atom is 0.305 e. The third-order valence-electron chi connectivity index (χ3n) is 6.93. The van der Waals surface area contributed by atoms with Gasteiger partial charge >= 0.3 is 5.97 Å². The van der Waals surface area contributed by atoms with Crippen LogP contribution in [0.2, 0.25) is 0 Å². The van der Waals surface area contributed by atoms with E-state index in [4.69, 9.17) is 0 Å². The number of fused-ring (bicyclic) bond motifs is 1. The van der Waals surface area contributed by atoms with Crippen molar-refractivity contribution in [2.24, 2.45) is 17.3 Å². The molecule has 0 aliphatic heterocycles. The average Bonchev–Trinajstić information content (AvgIpc) is 2.95. The van der Waals surface area contributed by atoms with E-state index < -0.39 is 28.8 Å². The van der Waals surface area contributed by atoms with Crippen LogP contribution in [-0.4, -0.2) is 35.5 Å². The lowest BCUT2D eigenvalue weighted by atomic mass is 9.79. The van der Waals surface area contributed by atoms with E-state index in [-0.39, 0.29) is 24.6 Å². The number of aliphatic hydroxyl groups is 1. The van der Waals surface area contributed by atoms with Crippen LogP contribution in [0.1, 0.15) is 84.5 Å². The molecule has 0 radical (unpaired) electrons. The maximum atomic E-state index is 14.7. The normalized spacial score (nSPS) is 29.7. The maximum absolute atomic E-state index is 14.7. The molecule has 2 saturated carbocycles. The van der Waals surface area contributed by atoms with E-state index in [1.807, 2.05) is 6.08 Å². The van der Waals surface area contributed by atoms with Gasteiger partial charge in [-0.05, 0) is 45.4 Å². The molecule has 29 heavy (non-hydrogen) atoms. The number of unbranched alkanes of at least 4 members (excludes halogenated alkanes) is 3. The quantitative estimate of drug-likeness (QED) is 0.255. The minimum Gasteiger partial charge on any atom is -0.469 e. The summed E-state index contributed by atoms with van der Waals surface area (Å²) < 4.78 is 33.9. The number of hydrogen-bond donors (Lipinski definition) is 1. The topological polar surface area (TPSA) is 63.6 Å². The van der Waals surface area contributed by atoms with Gasteiger partial charge in [-0.25, -0.2) is 8.78 Å². The second kappa shape index (κ2) is 9.67. The van der Waals surface area contributed by atoms with Crippen LogP contribution in [0.5, 0.6) is 0 Å². The zero-order valence-electron chi connectivity index (χ0n) is 18.0. The Morgan fingerprint density at radius 3 is 2.66 bits per heavy atom. The van der Waals surface area contributed by atoms with Crippen molar-refractivity contribution in [3.8, 4) is 0 Å². The lowest BCUT2D eigenvalue weighted by Crippen LogP contribution is -2.31. The van der Waals surface area contributed by atoms with Gasteiger partial charge < -0.3 is 9.84 Å². The highest BCUT2D eigenvalue weighted by Gasteiger charge is 2.86. The molecule has 0 amide bonds. The summed E-state index contributed by atoms with van der Waals surface area (Å²) in [4.78, 5) is 23.5. The lowest BCUT2D eigenvalue weighted by molar-refractivity contribution is -0.140. The molecule has 0 aromatic carbocycles. The minimum atomic E-state index is -2.82. The fraction of sp³-hybridized carbons (Fsp3) is 0.826. The van der Waals surface area contributed by atoms with Crippen molar-refractivity contribution in [3.63, 3.8) is 0 Å². The van der Waals surface area contributed by atoms with Crippen LogP contribution in [-0.2, 0) is 14.3 Å². The summed E-state index contributed by atoms with van der Waals surface area (Å²) in [6, 6.07) is 0. The summed E-state index contributed by atoms with van der Waals surface area (Å²) >= 11 is 0. The molecule has 0 aromatic heterocycles. The molecule has 1 N–H and O–H groups in total. The van der Waals surface area contributed by atoms with Crippen molar-refractivity contribution in [2.75, 3.05) is 7.11 Å². The van der Waals surface area contributed by atoms with Gasteiger partial charge in [-0.1, -0.05) is 38.3 Å². The first-order valence-corrected chi connectivity index (χ1v) is 11.0. The van der Waals surface area contributed by atoms with E-state index in [2.05, 4.69) is 11.7 Å². The minimum absolute atomic E-state index is 0.0498. The SMILES string of the molecule is CCCCCC(C)(O)CC[C@@]12[C@H](CC(=O)[C@@H]1CC=CCCCC(=O)OC)C2(F)F. The first-order chi connectivity index (χ1) is 13.6. The molecule has 0 saturated heterocycles. The first kappa shape index (κ1) is 24.0. The van der Waals surface area contributed by atoms with Crippen molar-refractivity contribution in [2.45, 2.75) is 96.0 Å². The number of alkyl halides is 2. The number of hydrogen-bond acceptors (Lipinski definition) is 4. The Balaban J connectivity index is 1.93. The molecule has 0 heterocycles. The lowest BCUT2D eigenvalue weighted by Gasteiger charge is -2.28. The number of rotatable bonds is 13. The van der Waals surface area contributed by atoms with E-state index in [0.717, 1.165) is 19.3 Å². The van der Waals surface area contributed by atoms with Gasteiger partial charge in [0.2, 0.25) is 0 Å². The van der Waals surface area contributed by atoms with Gasteiger partial charge in [0, 0.05) is 24.7 Å². The molecule has 2 aliphatic rings. The van der Waals surface area contributed by atoms with Crippen LogP contribution < -0.4 is 0 Å². The summed E-state index contributed by atoms with van der Waals surface area (Å²) in [5.41, 5.74) is -2.25. The number of carbonyl (C=O) groups excluding carboxylic acids is 2. The van der Waals surface area contributed by atoms with Gasteiger partial charge in [0.25, 0.3) is 5.92 Å². The molecule has 0 aromatic rings. The van der Waals surface area contributed by atoms with E-state index in [1.54, 1.807) is 13.0 Å². The Morgan fingerprint density at radius 2 is 2.00 bits per heavy atom. The van der Waals surface area contributed by atoms with Crippen LogP contribution in [0.15, 0.2) is 12.2 Å². The summed E-state index contributed by atoms with van der Waals surface area (Å²) in [5, 5.41) is 10.6. The second-order valence-corrected chi connectivity index (χ2v) is 9.07. The molecule has 1 unspecified atom stereocenters. The highest BCUT2D eigenvalue weighted by Crippen LogP contribution is 2.77. The monoisotopic (exact) mass is 414 g/mol. The Kier molecular flexibility index (Phi) is 8.00. The number of ketones is 1. The largest absolute Gasteiger partial charge is 0.469 e. The fourth-order valence-electron chi connectivity index (χ4n) is 5.00. The molecular formula is C23H36F2O4. The number of halogens is 2. The van der Waals surface area contributed by atoms with Crippen LogP contribution in [0, 0.1) is 17.3 Å². The third-order valence-corrected chi connectivity index (χ3v) is 6.93. The van der Waals surface area contributed by atoms with E-state index in [1.165, 1.54) is 7.11 Å². The van der Waals surface area contributed by atoms with Crippen molar-refractivity contribution in [1.29, 1.82) is 0 Å². The predicted octanol–water partition coefficient (Wildman–Crippen LogP) is 5.23. The first-order valence-electron chi connectivity index (χ1n) is 11.0. The molecule has 166 valence electrons. The standard InChI is InChI=1S/C23H36F2O4/c1-4-5-10-13-21(2,28)14-15-22-17(18(26)16-19(22)23(22,24)25)11-8-6-7-9-12-20(27)29-3/h6,8,17,19,28H,4-5,7,9-16H2,1-3H3/t17-,19-,21?,22-/m0/s1. The van der Waals surface area contributed by atoms with Crippen LogP contribution in [0.4, 0.5) is 8.78 Å². The van der Waals surface area contributed by atoms with Crippen LogP contribution >= 0.6 is 0 Å². The summed E-state index contributed by atoms with van der Waals surface area (Å²) in [6.45, 7) is 3.81. The van der Waals surface area contributed by atoms with Crippen LogP contribution in [0.3, 0.4) is 0 Å². The molecule has 6 heteroatoms. The molecular weight excluding hydrogens is 378 g/mol. The molecule has 0 spiro atoms. The van der Waals surface area contributed by atoms with Gasteiger partial charge in [-0.3, -0.25) is 9.59 Å². The highest BCUT2D eigenvalue weighted by molar-refractivity contribution is 5.87. The van der Waals surface area contributed by atoms with E-state index >= 15 is 0 Å². The average molecular weight is 415 g/mol. The van der Waals surface area contributed by atoms with Crippen molar-refractivity contribution in [1.82, 2.24) is 0 Å². The number of methoxy groups -OCH3 is 1. The highest BCUT2D eigenvalue weighted by atomic mass is 19.3. The summed E-state index contributed by atoms with van der Waals surface area (Å²) in [6.07, 6.45) is 9.56. The fourth-order valence-corrected chi connectivity index (χ4v) is 5.00. The Morgan fingerprint density at radius 1 is 1.28 bits per heavy atom. The van der Waals surface area contributed by atoms with Gasteiger partial charge in [-0.15, -0.1) is 0 Å². The van der Waals surface area contributed by atoms with Gasteiger partial charge in [0.15, 0.2) is 0 Å². The zero-order valence-corrected chi connectivity index (χ0v) is 18.0. The Bertz CT molecular complexity index is 614. The molecule has 4 atom stereocenters. The number of Topliss-reactive ketones (excluding diaryl/α,β-unsaturated/α-hetero) is 1. The third kappa shape index (κ3) is 5.25. The van der Waals surface area contributed by atoms with Crippen molar-refractivity contribution >= 4 is 11.8 Å². The number of allylic oxidation sites excluding steroid dienone is 2. The van der Waals surface area contributed by atoms with Gasteiger partial charge in [0.1, 0.15) is 5.78 Å². The molecule has 0 bridgehead atoms. The van der Waals surface area contributed by atoms with Crippen molar-refractivity contribution < 1.29 is 28.2 Å². The van der Waals surface area contributed by atoms with Gasteiger partial charge in [0.05, 0.1) is 18.1 Å².